The van der Waals surface area contributed by atoms with Gasteiger partial charge in [0.05, 0.1) is 0 Å². The summed E-state index contributed by atoms with van der Waals surface area (Å²) in [5.41, 5.74) is 9.51. The molecule has 1 heterocycles. The molecule has 0 atom stereocenters. The number of fused-ring (bicyclic) bond motifs is 1. The Kier molecular flexibility index (Phi) is 2.09. The quantitative estimate of drug-likeness (QED) is 0.706. The SMILES string of the molecule is NCCc1cnc2c(c1)CCC2. The third-order valence-electron chi connectivity index (χ3n) is 2.41. The highest BCUT2D eigenvalue weighted by atomic mass is 14.7. The van der Waals surface area contributed by atoms with Crippen molar-refractivity contribution in [3.63, 3.8) is 0 Å². The topological polar surface area (TPSA) is 38.9 Å². The summed E-state index contributed by atoms with van der Waals surface area (Å²) >= 11 is 0. The lowest BCUT2D eigenvalue weighted by Crippen LogP contribution is -2.03. The van der Waals surface area contributed by atoms with E-state index in [1.165, 1.54) is 29.7 Å². The molecule has 12 heavy (non-hydrogen) atoms. The van der Waals surface area contributed by atoms with Crippen molar-refractivity contribution in [3.05, 3.63) is 29.1 Å². The third kappa shape index (κ3) is 1.34. The van der Waals surface area contributed by atoms with Gasteiger partial charge in [0.2, 0.25) is 0 Å². The van der Waals surface area contributed by atoms with E-state index >= 15 is 0 Å². The summed E-state index contributed by atoms with van der Waals surface area (Å²) in [6, 6.07) is 2.27. The van der Waals surface area contributed by atoms with E-state index in [4.69, 9.17) is 5.73 Å². The molecule has 0 bridgehead atoms. The summed E-state index contributed by atoms with van der Waals surface area (Å²) in [7, 11) is 0. The first-order chi connectivity index (χ1) is 5.90. The number of hydrogen-bond donors (Lipinski definition) is 1. The zero-order valence-corrected chi connectivity index (χ0v) is 7.21. The smallest absolute Gasteiger partial charge is 0.0435 e. The van der Waals surface area contributed by atoms with Crippen LogP contribution in [0.2, 0.25) is 0 Å². The van der Waals surface area contributed by atoms with Crippen LogP contribution in [-0.4, -0.2) is 11.5 Å². The Bertz CT molecular complexity index is 281. The van der Waals surface area contributed by atoms with Crippen molar-refractivity contribution in [1.82, 2.24) is 4.98 Å². The van der Waals surface area contributed by atoms with Crippen molar-refractivity contribution < 1.29 is 0 Å². The van der Waals surface area contributed by atoms with Gasteiger partial charge in [0.25, 0.3) is 0 Å². The Morgan fingerprint density at radius 1 is 1.42 bits per heavy atom. The summed E-state index contributed by atoms with van der Waals surface area (Å²) in [5, 5.41) is 0. The molecule has 2 N–H and O–H groups in total. The Balaban J connectivity index is 2.26. The van der Waals surface area contributed by atoms with Gasteiger partial charge in [-0.3, -0.25) is 4.98 Å². The molecule has 2 heteroatoms. The summed E-state index contributed by atoms with van der Waals surface area (Å²) in [6.45, 7) is 0.723. The maximum Gasteiger partial charge on any atom is 0.0435 e. The highest BCUT2D eigenvalue weighted by Crippen LogP contribution is 2.20. The lowest BCUT2D eigenvalue weighted by molar-refractivity contribution is 0.899. The highest BCUT2D eigenvalue weighted by Gasteiger charge is 2.11. The molecule has 0 aliphatic heterocycles. The van der Waals surface area contributed by atoms with E-state index in [0.29, 0.717) is 0 Å². The van der Waals surface area contributed by atoms with Crippen LogP contribution in [0, 0.1) is 0 Å². The lowest BCUT2D eigenvalue weighted by Gasteiger charge is -2.01. The van der Waals surface area contributed by atoms with Crippen LogP contribution in [0.3, 0.4) is 0 Å². The monoisotopic (exact) mass is 162 g/mol. The van der Waals surface area contributed by atoms with E-state index in [9.17, 15) is 0 Å². The van der Waals surface area contributed by atoms with E-state index in [1.54, 1.807) is 0 Å². The van der Waals surface area contributed by atoms with Crippen molar-refractivity contribution >= 4 is 0 Å². The van der Waals surface area contributed by atoms with Crippen LogP contribution in [0.25, 0.3) is 0 Å². The Labute approximate surface area is 72.8 Å². The molecule has 1 aromatic rings. The number of nitrogens with zero attached hydrogens (tertiary/aromatic N) is 1. The maximum absolute atomic E-state index is 5.48. The number of nitrogens with two attached hydrogens (primary N) is 1. The van der Waals surface area contributed by atoms with Gasteiger partial charge in [-0.25, -0.2) is 0 Å². The van der Waals surface area contributed by atoms with Gasteiger partial charge in [-0.15, -0.1) is 0 Å². The van der Waals surface area contributed by atoms with Gasteiger partial charge in [-0.2, -0.15) is 0 Å². The average Bonchev–Trinajstić information content (AvgIpc) is 2.51. The van der Waals surface area contributed by atoms with E-state index in [0.717, 1.165) is 19.4 Å². The number of pyridine rings is 1. The number of hydrogen-bond acceptors (Lipinski definition) is 2. The van der Waals surface area contributed by atoms with Crippen molar-refractivity contribution in [2.45, 2.75) is 25.7 Å². The minimum atomic E-state index is 0.723. The van der Waals surface area contributed by atoms with Gasteiger partial charge in [0.1, 0.15) is 0 Å². The predicted molar refractivity (Wildman–Crippen MR) is 49.0 cm³/mol. The lowest BCUT2D eigenvalue weighted by atomic mass is 10.1. The fourth-order valence-electron chi connectivity index (χ4n) is 1.78. The maximum atomic E-state index is 5.48. The predicted octanol–water partition coefficient (Wildman–Crippen LogP) is 1.07. The third-order valence-corrected chi connectivity index (χ3v) is 2.41. The molecular weight excluding hydrogens is 148 g/mol. The highest BCUT2D eigenvalue weighted by molar-refractivity contribution is 5.29. The minimum Gasteiger partial charge on any atom is -0.330 e. The second kappa shape index (κ2) is 3.23. The summed E-state index contributed by atoms with van der Waals surface area (Å²) in [4.78, 5) is 4.42. The van der Waals surface area contributed by atoms with Crippen LogP contribution in [-0.2, 0) is 19.3 Å². The van der Waals surface area contributed by atoms with Gasteiger partial charge >= 0.3 is 0 Å². The van der Waals surface area contributed by atoms with Gasteiger partial charge in [0.15, 0.2) is 0 Å². The minimum absolute atomic E-state index is 0.723. The fraction of sp³-hybridized carbons (Fsp3) is 0.500. The van der Waals surface area contributed by atoms with Crippen LogP contribution >= 0.6 is 0 Å². The molecule has 0 saturated carbocycles. The van der Waals surface area contributed by atoms with E-state index < -0.39 is 0 Å². The van der Waals surface area contributed by atoms with Gasteiger partial charge in [-0.1, -0.05) is 6.07 Å². The molecule has 2 rings (SSSR count). The molecule has 0 aromatic carbocycles. The number of aromatic nitrogens is 1. The zero-order chi connectivity index (χ0) is 8.39. The molecule has 2 nitrogen and oxygen atoms in total. The van der Waals surface area contributed by atoms with Crippen LogP contribution < -0.4 is 5.73 Å². The van der Waals surface area contributed by atoms with Crippen molar-refractivity contribution in [2.75, 3.05) is 6.54 Å². The first kappa shape index (κ1) is 7.74. The van der Waals surface area contributed by atoms with Gasteiger partial charge in [0, 0.05) is 11.9 Å². The molecule has 1 aliphatic carbocycles. The fourth-order valence-corrected chi connectivity index (χ4v) is 1.78. The Morgan fingerprint density at radius 3 is 3.17 bits per heavy atom. The molecule has 0 radical (unpaired) electrons. The molecule has 0 saturated heterocycles. The molecule has 0 fully saturated rings. The summed E-state index contributed by atoms with van der Waals surface area (Å²) in [5.74, 6) is 0. The second-order valence-electron chi connectivity index (χ2n) is 3.34. The largest absolute Gasteiger partial charge is 0.330 e. The zero-order valence-electron chi connectivity index (χ0n) is 7.21. The molecular formula is C10H14N2. The first-order valence-electron chi connectivity index (χ1n) is 4.57. The molecule has 64 valence electrons. The van der Waals surface area contributed by atoms with Crippen molar-refractivity contribution in [2.24, 2.45) is 5.73 Å². The van der Waals surface area contributed by atoms with Crippen LogP contribution in [0.5, 0.6) is 0 Å². The van der Waals surface area contributed by atoms with Crippen LogP contribution in [0.4, 0.5) is 0 Å². The Morgan fingerprint density at radius 2 is 2.33 bits per heavy atom. The average molecular weight is 162 g/mol. The molecule has 1 aliphatic rings. The normalized spacial score (nSPS) is 14.8. The van der Waals surface area contributed by atoms with Crippen LogP contribution in [0.15, 0.2) is 12.3 Å². The Hall–Kier alpha value is -0.890. The first-order valence-corrected chi connectivity index (χ1v) is 4.57. The van der Waals surface area contributed by atoms with Crippen molar-refractivity contribution in [3.8, 4) is 0 Å². The van der Waals surface area contributed by atoms with Crippen molar-refractivity contribution in [1.29, 1.82) is 0 Å². The molecule has 0 amide bonds. The molecule has 0 spiro atoms. The summed E-state index contributed by atoms with van der Waals surface area (Å²) in [6.07, 6.45) is 6.57. The standard InChI is InChI=1S/C10H14N2/c11-5-4-8-6-9-2-1-3-10(9)12-7-8/h6-7H,1-5,11H2. The van der Waals surface area contributed by atoms with Gasteiger partial charge in [-0.05, 0) is 43.4 Å². The van der Waals surface area contributed by atoms with E-state index in [-0.39, 0.29) is 0 Å². The molecule has 1 aromatic heterocycles. The molecule has 0 unspecified atom stereocenters. The van der Waals surface area contributed by atoms with Gasteiger partial charge < -0.3 is 5.73 Å². The van der Waals surface area contributed by atoms with E-state index in [2.05, 4.69) is 11.1 Å². The summed E-state index contributed by atoms with van der Waals surface area (Å²) < 4.78 is 0. The number of rotatable bonds is 2. The second-order valence-corrected chi connectivity index (χ2v) is 3.34. The number of aryl methyl sites for hydroxylation is 2. The van der Waals surface area contributed by atoms with E-state index in [1.807, 2.05) is 6.20 Å². The van der Waals surface area contributed by atoms with Crippen LogP contribution in [0.1, 0.15) is 23.2 Å².